The molecule has 0 saturated heterocycles. The molecule has 1 unspecified atom stereocenters. The lowest BCUT2D eigenvalue weighted by Crippen LogP contribution is -2.29. The Kier molecular flexibility index (Phi) is 4.64. The van der Waals surface area contributed by atoms with Gasteiger partial charge in [-0.3, -0.25) is 0 Å². The maximum absolute atomic E-state index is 13.3. The Hall–Kier alpha value is -2.49. The second-order valence-corrected chi connectivity index (χ2v) is 8.56. The zero-order valence-corrected chi connectivity index (χ0v) is 16.0. The van der Waals surface area contributed by atoms with Crippen LogP contribution in [0, 0.1) is 11.7 Å². The first kappa shape index (κ1) is 19.8. The third-order valence-corrected chi connectivity index (χ3v) is 6.16. The van der Waals surface area contributed by atoms with E-state index in [1.807, 2.05) is 6.08 Å². The van der Waals surface area contributed by atoms with Crippen molar-refractivity contribution in [3.63, 3.8) is 0 Å². The van der Waals surface area contributed by atoms with Crippen molar-refractivity contribution in [1.29, 1.82) is 0 Å². The third kappa shape index (κ3) is 3.29. The van der Waals surface area contributed by atoms with E-state index in [2.05, 4.69) is 14.4 Å². The van der Waals surface area contributed by atoms with E-state index < -0.39 is 33.4 Å². The van der Waals surface area contributed by atoms with Gasteiger partial charge in [0.2, 0.25) is 0 Å². The highest BCUT2D eigenvalue weighted by atomic mass is 32.2. The number of alkyl halides is 3. The van der Waals surface area contributed by atoms with Gasteiger partial charge in [0, 0.05) is 5.57 Å². The van der Waals surface area contributed by atoms with Gasteiger partial charge in [0.15, 0.2) is 0 Å². The highest BCUT2D eigenvalue weighted by molar-refractivity contribution is 7.87. The van der Waals surface area contributed by atoms with Crippen molar-refractivity contribution in [3.05, 3.63) is 69.9 Å². The minimum absolute atomic E-state index is 0.259. The molecule has 1 heterocycles. The van der Waals surface area contributed by atoms with E-state index in [1.54, 1.807) is 19.1 Å². The molecule has 0 spiro atoms. The molecule has 10 heteroatoms. The highest BCUT2D eigenvalue weighted by Crippen LogP contribution is 2.52. The van der Waals surface area contributed by atoms with Crippen LogP contribution in [0.2, 0.25) is 0 Å². The topological polar surface area (TPSA) is 68.1 Å². The molecule has 2 aliphatic carbocycles. The lowest BCUT2D eigenvalue weighted by Gasteiger charge is -2.31. The smallest absolute Gasteiger partial charge is 0.380 e. The quantitative estimate of drug-likeness (QED) is 0.364. The summed E-state index contributed by atoms with van der Waals surface area (Å²) in [7, 11) is -5.80. The lowest BCUT2D eigenvalue weighted by atomic mass is 9.76. The normalized spacial score (nSPS) is 24.4. The molecule has 2 atom stereocenters. The Labute approximate surface area is 164 Å². The van der Waals surface area contributed by atoms with Gasteiger partial charge in [-0.05, 0) is 55.0 Å². The van der Waals surface area contributed by atoms with Crippen molar-refractivity contribution < 1.29 is 30.2 Å². The first-order valence-corrected chi connectivity index (χ1v) is 10.4. The maximum atomic E-state index is 13.3. The van der Waals surface area contributed by atoms with Crippen molar-refractivity contribution in [2.75, 3.05) is 0 Å². The number of azo groups is 1. The summed E-state index contributed by atoms with van der Waals surface area (Å²) in [6.07, 6.45) is 3.56. The summed E-state index contributed by atoms with van der Waals surface area (Å²) < 4.78 is 79.8. The summed E-state index contributed by atoms with van der Waals surface area (Å²) in [5.41, 5.74) is -2.74. The summed E-state index contributed by atoms with van der Waals surface area (Å²) in [6, 6.07) is 5.21. The zero-order chi connectivity index (χ0) is 21.0. The monoisotopic (exact) mass is 428 g/mol. The van der Waals surface area contributed by atoms with E-state index in [0.29, 0.717) is 47.2 Å². The number of benzene rings is 1. The van der Waals surface area contributed by atoms with Gasteiger partial charge in [-0.1, -0.05) is 18.2 Å². The van der Waals surface area contributed by atoms with Gasteiger partial charge in [0.05, 0.1) is 11.6 Å². The second-order valence-electron chi connectivity index (χ2n) is 7.03. The molecule has 0 saturated carbocycles. The zero-order valence-electron chi connectivity index (χ0n) is 15.2. The molecule has 0 fully saturated rings. The molecule has 0 amide bonds. The number of nitrogens with zero attached hydrogens (tertiary/aromatic N) is 2. The van der Waals surface area contributed by atoms with Gasteiger partial charge in [-0.15, -0.1) is 0 Å². The minimum atomic E-state index is -5.80. The standard InChI is InChI=1S/C19H16F4N2O3S/c1-10-16-15(17(25-24-16)11-6-8-12(20)9-7-11)13-4-2-3-5-14(13)18(10)28-29(26,27)19(21,22)23/h4,6-10,17H,2-3,5H2,1H3/t10-,17?/m0/s1. The van der Waals surface area contributed by atoms with Crippen LogP contribution >= 0.6 is 0 Å². The van der Waals surface area contributed by atoms with Crippen LogP contribution in [0.3, 0.4) is 0 Å². The summed E-state index contributed by atoms with van der Waals surface area (Å²) in [4.78, 5) is 0. The third-order valence-electron chi connectivity index (χ3n) is 5.19. The summed E-state index contributed by atoms with van der Waals surface area (Å²) >= 11 is 0. The van der Waals surface area contributed by atoms with Crippen molar-refractivity contribution >= 4 is 10.1 Å². The molecule has 0 bridgehead atoms. The molecular weight excluding hydrogens is 412 g/mol. The number of hydrogen-bond donors (Lipinski definition) is 0. The van der Waals surface area contributed by atoms with Crippen LogP contribution in [-0.2, 0) is 14.3 Å². The average molecular weight is 428 g/mol. The number of hydrogen-bond acceptors (Lipinski definition) is 5. The highest BCUT2D eigenvalue weighted by Gasteiger charge is 2.51. The number of rotatable bonds is 3. The van der Waals surface area contributed by atoms with Gasteiger partial charge >= 0.3 is 15.6 Å². The fraction of sp³-hybridized carbons (Fsp3) is 0.368. The van der Waals surface area contributed by atoms with Gasteiger partial charge in [-0.2, -0.15) is 31.8 Å². The first-order chi connectivity index (χ1) is 13.6. The SMILES string of the molecule is C[C@H]1C2=C(C3=CCCCC3=C1OS(=O)(=O)C(F)(F)F)C(c1ccc(F)cc1)N=N2. The van der Waals surface area contributed by atoms with Crippen LogP contribution in [0.1, 0.15) is 37.8 Å². The predicted octanol–water partition coefficient (Wildman–Crippen LogP) is 5.47. The predicted molar refractivity (Wildman–Crippen MR) is 95.2 cm³/mol. The van der Waals surface area contributed by atoms with Crippen LogP contribution in [0.25, 0.3) is 0 Å². The summed E-state index contributed by atoms with van der Waals surface area (Å²) in [5.74, 6) is -1.48. The van der Waals surface area contributed by atoms with Gasteiger partial charge in [0.1, 0.15) is 17.6 Å². The van der Waals surface area contributed by atoms with E-state index in [0.717, 1.165) is 0 Å². The molecule has 1 aliphatic heterocycles. The van der Waals surface area contributed by atoms with Gasteiger partial charge in [0.25, 0.3) is 0 Å². The van der Waals surface area contributed by atoms with E-state index >= 15 is 0 Å². The van der Waals surface area contributed by atoms with Crippen molar-refractivity contribution in [1.82, 2.24) is 0 Å². The number of allylic oxidation sites excluding steroid dienone is 2. The molecule has 5 nitrogen and oxygen atoms in total. The molecule has 3 aliphatic rings. The molecule has 29 heavy (non-hydrogen) atoms. The van der Waals surface area contributed by atoms with E-state index in [1.165, 1.54) is 12.1 Å². The fourth-order valence-electron chi connectivity index (χ4n) is 3.84. The summed E-state index contributed by atoms with van der Waals surface area (Å²) in [6.45, 7) is 1.54. The van der Waals surface area contributed by atoms with Crippen LogP contribution < -0.4 is 0 Å². The Morgan fingerprint density at radius 2 is 1.86 bits per heavy atom. The Bertz CT molecular complexity index is 1080. The lowest BCUT2D eigenvalue weighted by molar-refractivity contribution is -0.0526. The number of fused-ring (bicyclic) bond motifs is 2. The Morgan fingerprint density at radius 3 is 2.52 bits per heavy atom. The molecule has 0 radical (unpaired) electrons. The van der Waals surface area contributed by atoms with Crippen molar-refractivity contribution in [3.8, 4) is 0 Å². The molecule has 4 rings (SSSR count). The fourth-order valence-corrected chi connectivity index (χ4v) is 4.42. The number of halogens is 4. The second kappa shape index (κ2) is 6.79. The van der Waals surface area contributed by atoms with Gasteiger partial charge in [-0.25, -0.2) is 4.39 Å². The van der Waals surface area contributed by atoms with Crippen molar-refractivity contribution in [2.24, 2.45) is 16.1 Å². The van der Waals surface area contributed by atoms with Crippen molar-refractivity contribution in [2.45, 2.75) is 37.7 Å². The Balaban J connectivity index is 1.79. The molecule has 1 aromatic rings. The van der Waals surface area contributed by atoms with E-state index in [-0.39, 0.29) is 5.76 Å². The van der Waals surface area contributed by atoms with E-state index in [9.17, 15) is 26.0 Å². The molecule has 1 aromatic carbocycles. The largest absolute Gasteiger partial charge is 0.534 e. The van der Waals surface area contributed by atoms with Crippen LogP contribution in [0.4, 0.5) is 17.6 Å². The van der Waals surface area contributed by atoms with E-state index in [4.69, 9.17) is 0 Å². The molecule has 154 valence electrons. The first-order valence-electron chi connectivity index (χ1n) is 8.95. The van der Waals surface area contributed by atoms with Crippen LogP contribution in [-0.4, -0.2) is 13.9 Å². The average Bonchev–Trinajstić information content (AvgIpc) is 3.10. The minimum Gasteiger partial charge on any atom is -0.380 e. The Morgan fingerprint density at radius 1 is 1.17 bits per heavy atom. The maximum Gasteiger partial charge on any atom is 0.534 e. The molecule has 0 aromatic heterocycles. The molecular formula is C19H16F4N2O3S. The van der Waals surface area contributed by atoms with Crippen LogP contribution in [0.5, 0.6) is 0 Å². The summed E-state index contributed by atoms with van der Waals surface area (Å²) in [5, 5.41) is 8.37. The van der Waals surface area contributed by atoms with Gasteiger partial charge < -0.3 is 4.18 Å². The van der Waals surface area contributed by atoms with Crippen LogP contribution in [0.15, 0.2) is 68.7 Å². The molecule has 0 N–H and O–H groups in total.